The van der Waals surface area contributed by atoms with E-state index in [2.05, 4.69) is 26.8 Å². The van der Waals surface area contributed by atoms with Gasteiger partial charge in [-0.3, -0.25) is 9.59 Å². The first-order valence-corrected chi connectivity index (χ1v) is 10.3. The SMILES string of the molecule is CC1C[C@H]2[C@@H]3CCC4CC(=O)CC[C@]4(C)C3=CC[C@]2(C)[C@H]1C(=O)C(O)O. The lowest BCUT2D eigenvalue weighted by atomic mass is 9.48. The topological polar surface area (TPSA) is 74.6 Å². The van der Waals surface area contributed by atoms with Gasteiger partial charge in [-0.2, -0.15) is 0 Å². The molecule has 4 rings (SSSR count). The third-order valence-corrected chi connectivity index (χ3v) is 8.74. The number of aliphatic hydroxyl groups is 2. The molecular weight excluding hydrogens is 328 g/mol. The quantitative estimate of drug-likeness (QED) is 0.585. The number of rotatable bonds is 2. The zero-order valence-corrected chi connectivity index (χ0v) is 16.2. The zero-order chi connectivity index (χ0) is 18.9. The fourth-order valence-corrected chi connectivity index (χ4v) is 7.45. The molecule has 4 aliphatic carbocycles. The second-order valence-electron chi connectivity index (χ2n) is 9.98. The number of Topliss-reactive ketones (excluding diaryl/α,β-unsaturated/α-hetero) is 2. The van der Waals surface area contributed by atoms with Gasteiger partial charge in [0, 0.05) is 18.8 Å². The van der Waals surface area contributed by atoms with Gasteiger partial charge in [-0.25, -0.2) is 0 Å². The predicted molar refractivity (Wildman–Crippen MR) is 98.0 cm³/mol. The van der Waals surface area contributed by atoms with Gasteiger partial charge in [0.05, 0.1) is 0 Å². The number of fused-ring (bicyclic) bond motifs is 5. The van der Waals surface area contributed by atoms with Crippen LogP contribution in [0.4, 0.5) is 0 Å². The van der Waals surface area contributed by atoms with Crippen LogP contribution in [0.2, 0.25) is 0 Å². The Labute approximate surface area is 156 Å². The highest BCUT2D eigenvalue weighted by atomic mass is 16.5. The van der Waals surface area contributed by atoms with Crippen LogP contribution in [-0.2, 0) is 9.59 Å². The molecule has 0 aliphatic heterocycles. The standard InChI is InChI=1S/C22H32O4/c1-12-10-17-15-5-4-13-11-14(23)6-8-21(13,2)16(15)7-9-22(17,3)18(12)19(24)20(25)26/h7,12-13,15,17-18,20,25-26H,4-6,8-11H2,1-3H3/t12?,13?,15-,17+,18-,21+,22+/m1/s1. The van der Waals surface area contributed by atoms with E-state index in [-0.39, 0.29) is 22.7 Å². The number of carbonyl (C=O) groups excluding carboxylic acids is 2. The summed E-state index contributed by atoms with van der Waals surface area (Å²) in [6.45, 7) is 6.66. The van der Waals surface area contributed by atoms with Crippen LogP contribution >= 0.6 is 0 Å². The summed E-state index contributed by atoms with van der Waals surface area (Å²) >= 11 is 0. The normalized spacial score (nSPS) is 47.8. The van der Waals surface area contributed by atoms with Crippen molar-refractivity contribution in [1.82, 2.24) is 0 Å². The second-order valence-corrected chi connectivity index (χ2v) is 9.98. The van der Waals surface area contributed by atoms with Crippen molar-refractivity contribution in [2.24, 2.45) is 40.4 Å². The molecule has 0 aromatic heterocycles. The minimum Gasteiger partial charge on any atom is -0.362 e. The van der Waals surface area contributed by atoms with Crippen LogP contribution < -0.4 is 0 Å². The van der Waals surface area contributed by atoms with Gasteiger partial charge in [0.1, 0.15) is 5.78 Å². The Balaban J connectivity index is 1.69. The van der Waals surface area contributed by atoms with Gasteiger partial charge in [0.2, 0.25) is 6.29 Å². The van der Waals surface area contributed by atoms with E-state index in [0.717, 1.165) is 38.5 Å². The summed E-state index contributed by atoms with van der Waals surface area (Å²) in [6.07, 6.45) is 6.96. The Morgan fingerprint density at radius 3 is 2.69 bits per heavy atom. The van der Waals surface area contributed by atoms with E-state index in [1.165, 1.54) is 0 Å². The van der Waals surface area contributed by atoms with Crippen LogP contribution in [0.5, 0.6) is 0 Å². The van der Waals surface area contributed by atoms with Crippen molar-refractivity contribution in [3.63, 3.8) is 0 Å². The molecule has 0 amide bonds. The highest BCUT2D eigenvalue weighted by Crippen LogP contribution is 2.66. The van der Waals surface area contributed by atoms with Crippen molar-refractivity contribution >= 4 is 11.6 Å². The molecule has 26 heavy (non-hydrogen) atoms. The summed E-state index contributed by atoms with van der Waals surface area (Å²) in [5.74, 6) is 1.33. The average Bonchev–Trinajstić information content (AvgIpc) is 2.85. The molecule has 0 spiro atoms. The summed E-state index contributed by atoms with van der Waals surface area (Å²) in [6, 6.07) is 0. The lowest BCUT2D eigenvalue weighted by Crippen LogP contribution is -2.49. The van der Waals surface area contributed by atoms with E-state index in [0.29, 0.717) is 30.0 Å². The monoisotopic (exact) mass is 360 g/mol. The molecule has 4 nitrogen and oxygen atoms in total. The molecule has 144 valence electrons. The van der Waals surface area contributed by atoms with E-state index in [4.69, 9.17) is 0 Å². The van der Waals surface area contributed by atoms with Crippen molar-refractivity contribution in [1.29, 1.82) is 0 Å². The van der Waals surface area contributed by atoms with E-state index in [9.17, 15) is 19.8 Å². The first-order valence-electron chi connectivity index (χ1n) is 10.3. The van der Waals surface area contributed by atoms with Gasteiger partial charge < -0.3 is 10.2 Å². The molecule has 0 radical (unpaired) electrons. The Kier molecular flexibility index (Phi) is 4.24. The fourth-order valence-electron chi connectivity index (χ4n) is 7.45. The molecule has 0 saturated heterocycles. The van der Waals surface area contributed by atoms with E-state index in [1.807, 2.05) is 0 Å². The maximum atomic E-state index is 12.5. The summed E-state index contributed by atoms with van der Waals surface area (Å²) in [5, 5.41) is 19.0. The molecule has 2 unspecified atom stereocenters. The minimum atomic E-state index is -1.86. The molecule has 2 N–H and O–H groups in total. The van der Waals surface area contributed by atoms with Crippen LogP contribution in [0.15, 0.2) is 11.6 Å². The molecule has 0 bridgehead atoms. The molecule has 3 saturated carbocycles. The first-order chi connectivity index (χ1) is 12.2. The lowest BCUT2D eigenvalue weighted by molar-refractivity contribution is -0.155. The maximum absolute atomic E-state index is 12.5. The molecule has 0 heterocycles. The summed E-state index contributed by atoms with van der Waals surface area (Å²) in [7, 11) is 0. The number of carbonyl (C=O) groups is 2. The Morgan fingerprint density at radius 2 is 2.00 bits per heavy atom. The number of hydrogen-bond acceptors (Lipinski definition) is 4. The average molecular weight is 360 g/mol. The van der Waals surface area contributed by atoms with Gasteiger partial charge >= 0.3 is 0 Å². The van der Waals surface area contributed by atoms with Gasteiger partial charge in [-0.05, 0) is 66.6 Å². The zero-order valence-electron chi connectivity index (χ0n) is 16.2. The molecular formula is C22H32O4. The fraction of sp³-hybridized carbons (Fsp3) is 0.818. The van der Waals surface area contributed by atoms with E-state index < -0.39 is 12.1 Å². The third kappa shape index (κ3) is 2.41. The van der Waals surface area contributed by atoms with Crippen LogP contribution in [0, 0.1) is 40.4 Å². The van der Waals surface area contributed by atoms with Gasteiger partial charge in [-0.1, -0.05) is 32.4 Å². The highest BCUT2D eigenvalue weighted by molar-refractivity contribution is 5.85. The number of aliphatic hydroxyl groups excluding tert-OH is 1. The molecule has 3 fully saturated rings. The maximum Gasteiger partial charge on any atom is 0.213 e. The van der Waals surface area contributed by atoms with Crippen molar-refractivity contribution in [2.75, 3.05) is 0 Å². The Hall–Kier alpha value is -1.00. The van der Waals surface area contributed by atoms with Crippen LogP contribution in [0.1, 0.15) is 65.7 Å². The predicted octanol–water partition coefficient (Wildman–Crippen LogP) is 3.26. The molecule has 4 aliphatic rings. The molecule has 7 atom stereocenters. The molecule has 0 aromatic carbocycles. The number of hydrogen-bond donors (Lipinski definition) is 2. The molecule has 4 heteroatoms. The van der Waals surface area contributed by atoms with Crippen LogP contribution in [0.3, 0.4) is 0 Å². The number of ketones is 2. The highest BCUT2D eigenvalue weighted by Gasteiger charge is 2.60. The van der Waals surface area contributed by atoms with Gasteiger partial charge in [-0.15, -0.1) is 0 Å². The Bertz CT molecular complexity index is 665. The molecule has 0 aromatic rings. The van der Waals surface area contributed by atoms with Crippen molar-refractivity contribution < 1.29 is 19.8 Å². The summed E-state index contributed by atoms with van der Waals surface area (Å²) < 4.78 is 0. The number of allylic oxidation sites excluding steroid dienone is 2. The first kappa shape index (κ1) is 18.4. The van der Waals surface area contributed by atoms with Crippen LogP contribution in [-0.4, -0.2) is 28.1 Å². The van der Waals surface area contributed by atoms with Crippen molar-refractivity contribution in [3.8, 4) is 0 Å². The second kappa shape index (κ2) is 6.00. The van der Waals surface area contributed by atoms with E-state index >= 15 is 0 Å². The van der Waals surface area contributed by atoms with Gasteiger partial charge in [0.15, 0.2) is 5.78 Å². The summed E-state index contributed by atoms with van der Waals surface area (Å²) in [4.78, 5) is 24.5. The van der Waals surface area contributed by atoms with Crippen molar-refractivity contribution in [3.05, 3.63) is 11.6 Å². The lowest BCUT2D eigenvalue weighted by Gasteiger charge is -2.55. The minimum absolute atomic E-state index is 0.139. The van der Waals surface area contributed by atoms with Gasteiger partial charge in [0.25, 0.3) is 0 Å². The Morgan fingerprint density at radius 1 is 1.27 bits per heavy atom. The van der Waals surface area contributed by atoms with Crippen molar-refractivity contribution in [2.45, 2.75) is 72.0 Å². The summed E-state index contributed by atoms with van der Waals surface area (Å²) in [5.41, 5.74) is 1.51. The van der Waals surface area contributed by atoms with E-state index in [1.54, 1.807) is 5.57 Å². The largest absolute Gasteiger partial charge is 0.362 e. The van der Waals surface area contributed by atoms with Crippen LogP contribution in [0.25, 0.3) is 0 Å². The third-order valence-electron chi connectivity index (χ3n) is 8.74. The smallest absolute Gasteiger partial charge is 0.213 e.